The van der Waals surface area contributed by atoms with Crippen LogP contribution in [0.2, 0.25) is 5.02 Å². The molecular formula is C30H24ClN5O8S. The zero-order chi connectivity index (χ0) is 32.5. The minimum Gasteiger partial charge on any atom is -0.271 e. The lowest BCUT2D eigenvalue weighted by molar-refractivity contribution is -0.394. The van der Waals surface area contributed by atoms with Crippen molar-refractivity contribution in [3.05, 3.63) is 145 Å². The van der Waals surface area contributed by atoms with Gasteiger partial charge in [0, 0.05) is 22.7 Å². The molecule has 0 unspecified atom stereocenters. The molecule has 1 aliphatic heterocycles. The molecule has 230 valence electrons. The van der Waals surface area contributed by atoms with Crippen LogP contribution in [0.1, 0.15) is 33.2 Å². The molecule has 45 heavy (non-hydrogen) atoms. The van der Waals surface area contributed by atoms with Crippen molar-refractivity contribution in [1.29, 1.82) is 0 Å². The lowest BCUT2D eigenvalue weighted by Crippen LogP contribution is -2.46. The van der Waals surface area contributed by atoms with Gasteiger partial charge >= 0.3 is 0 Å². The molecule has 5 rings (SSSR count). The Morgan fingerprint density at radius 1 is 0.867 bits per heavy atom. The zero-order valence-electron chi connectivity index (χ0n) is 23.4. The molecule has 0 aliphatic carbocycles. The van der Waals surface area contributed by atoms with Crippen molar-refractivity contribution in [2.24, 2.45) is 0 Å². The van der Waals surface area contributed by atoms with Crippen molar-refractivity contribution < 1.29 is 27.9 Å². The maximum Gasteiger partial charge on any atom is 0.277 e. The van der Waals surface area contributed by atoms with Gasteiger partial charge in [0.25, 0.3) is 23.2 Å². The van der Waals surface area contributed by atoms with Crippen LogP contribution in [0, 0.1) is 27.2 Å². The maximum absolute atomic E-state index is 14.2. The van der Waals surface area contributed by atoms with Crippen LogP contribution < -0.4 is 4.72 Å². The summed E-state index contributed by atoms with van der Waals surface area (Å²) in [5.41, 5.74) is -0.0774. The molecule has 0 bridgehead atoms. The van der Waals surface area contributed by atoms with E-state index >= 15 is 0 Å². The van der Waals surface area contributed by atoms with Gasteiger partial charge in [0.05, 0.1) is 26.4 Å². The summed E-state index contributed by atoms with van der Waals surface area (Å²) in [7, 11) is -4.23. The van der Waals surface area contributed by atoms with Crippen LogP contribution in [0.5, 0.6) is 0 Å². The van der Waals surface area contributed by atoms with Gasteiger partial charge in [0.15, 0.2) is 6.17 Å². The molecule has 1 N–H and O–H groups in total. The number of aryl methyl sites for hydroxylation is 1. The molecule has 0 saturated carbocycles. The topological polar surface area (TPSA) is 173 Å². The maximum atomic E-state index is 14.2. The van der Waals surface area contributed by atoms with E-state index in [4.69, 9.17) is 11.6 Å². The number of non-ortho nitro benzene ring substituents is 2. The molecule has 4 aromatic carbocycles. The minimum absolute atomic E-state index is 0.0794. The summed E-state index contributed by atoms with van der Waals surface area (Å²) in [5.74, 6) is -1.80. The summed E-state index contributed by atoms with van der Waals surface area (Å²) in [6, 6.07) is 22.0. The molecular weight excluding hydrogens is 626 g/mol. The summed E-state index contributed by atoms with van der Waals surface area (Å²) in [6.07, 6.45) is -1.24. The van der Waals surface area contributed by atoms with E-state index in [9.17, 15) is 38.2 Å². The molecule has 1 saturated heterocycles. The predicted octanol–water partition coefficient (Wildman–Crippen LogP) is 4.95. The van der Waals surface area contributed by atoms with E-state index in [0.717, 1.165) is 27.7 Å². The summed E-state index contributed by atoms with van der Waals surface area (Å²) >= 11 is 6.42. The Labute approximate surface area is 262 Å². The van der Waals surface area contributed by atoms with Crippen molar-refractivity contribution in [2.45, 2.75) is 30.4 Å². The molecule has 0 aromatic heterocycles. The first-order chi connectivity index (χ1) is 21.4. The van der Waals surface area contributed by atoms with Gasteiger partial charge in [-0.25, -0.2) is 18.4 Å². The predicted molar refractivity (Wildman–Crippen MR) is 162 cm³/mol. The van der Waals surface area contributed by atoms with Gasteiger partial charge in [0.1, 0.15) is 6.04 Å². The molecule has 1 fully saturated rings. The molecule has 0 radical (unpaired) electrons. The van der Waals surface area contributed by atoms with E-state index in [1.807, 2.05) is 0 Å². The fourth-order valence-corrected chi connectivity index (χ4v) is 6.20. The van der Waals surface area contributed by atoms with Crippen molar-refractivity contribution in [2.75, 3.05) is 0 Å². The second-order valence-corrected chi connectivity index (χ2v) is 12.3. The summed E-state index contributed by atoms with van der Waals surface area (Å²) in [5, 5.41) is 25.1. The highest BCUT2D eigenvalue weighted by molar-refractivity contribution is 7.89. The third kappa shape index (κ3) is 6.67. The number of halogens is 1. The first-order valence-electron chi connectivity index (χ1n) is 13.3. The van der Waals surface area contributed by atoms with Crippen LogP contribution in [-0.4, -0.2) is 46.1 Å². The van der Waals surface area contributed by atoms with Crippen LogP contribution in [0.15, 0.2) is 102 Å². The molecule has 4 aromatic rings. The van der Waals surface area contributed by atoms with Gasteiger partial charge in [-0.05, 0) is 37.1 Å². The molecule has 2 amide bonds. The van der Waals surface area contributed by atoms with Gasteiger partial charge in [0.2, 0.25) is 10.0 Å². The molecule has 15 heteroatoms. The number of nitrogens with one attached hydrogen (secondary N) is 1. The number of rotatable bonds is 10. The Bertz CT molecular complexity index is 1890. The number of carbonyl (C=O) groups is 2. The second kappa shape index (κ2) is 12.4. The average molecular weight is 650 g/mol. The number of nitro benzene ring substituents is 2. The van der Waals surface area contributed by atoms with Crippen LogP contribution >= 0.6 is 11.6 Å². The Balaban J connectivity index is 1.56. The van der Waals surface area contributed by atoms with Crippen LogP contribution in [0.25, 0.3) is 0 Å². The molecule has 1 aliphatic rings. The Hall–Kier alpha value is -5.18. The Morgan fingerprint density at radius 3 is 2.02 bits per heavy atom. The molecule has 2 atom stereocenters. The van der Waals surface area contributed by atoms with Gasteiger partial charge in [-0.3, -0.25) is 29.8 Å². The quantitative estimate of drug-likeness (QED) is 0.143. The summed E-state index contributed by atoms with van der Waals surface area (Å²) < 4.78 is 29.3. The van der Waals surface area contributed by atoms with Crippen LogP contribution in [0.4, 0.5) is 11.4 Å². The summed E-state index contributed by atoms with van der Waals surface area (Å²) in [4.78, 5) is 49.1. The van der Waals surface area contributed by atoms with Crippen molar-refractivity contribution in [3.63, 3.8) is 0 Å². The van der Waals surface area contributed by atoms with E-state index in [1.165, 1.54) is 18.2 Å². The number of sulfonamides is 1. The van der Waals surface area contributed by atoms with Crippen molar-refractivity contribution in [3.8, 4) is 0 Å². The van der Waals surface area contributed by atoms with Gasteiger partial charge in [-0.2, -0.15) is 4.72 Å². The van der Waals surface area contributed by atoms with E-state index < -0.39 is 60.8 Å². The number of amides is 2. The van der Waals surface area contributed by atoms with Crippen LogP contribution in [0.3, 0.4) is 0 Å². The molecule has 13 nitrogen and oxygen atoms in total. The van der Waals surface area contributed by atoms with Gasteiger partial charge in [-0.15, -0.1) is 0 Å². The lowest BCUT2D eigenvalue weighted by Gasteiger charge is -2.19. The first kappa shape index (κ1) is 31.3. The monoisotopic (exact) mass is 649 g/mol. The number of hydrogen-bond donors (Lipinski definition) is 1. The van der Waals surface area contributed by atoms with Crippen molar-refractivity contribution in [1.82, 2.24) is 14.7 Å². The summed E-state index contributed by atoms with van der Waals surface area (Å²) in [6.45, 7) is 1.79. The van der Waals surface area contributed by atoms with E-state index in [0.29, 0.717) is 17.2 Å². The van der Waals surface area contributed by atoms with E-state index in [1.54, 1.807) is 67.6 Å². The highest BCUT2D eigenvalue weighted by Crippen LogP contribution is 2.46. The Kier molecular flexibility index (Phi) is 8.64. The Morgan fingerprint density at radius 2 is 1.44 bits per heavy atom. The number of carbonyl (C=O) groups excluding carboxylic acids is 2. The smallest absolute Gasteiger partial charge is 0.271 e. The minimum atomic E-state index is -4.23. The zero-order valence-corrected chi connectivity index (χ0v) is 25.0. The first-order valence-corrected chi connectivity index (χ1v) is 15.2. The third-order valence-corrected chi connectivity index (χ3v) is 8.87. The normalized spacial score (nSPS) is 14.9. The number of nitro groups is 2. The van der Waals surface area contributed by atoms with E-state index in [2.05, 4.69) is 4.72 Å². The van der Waals surface area contributed by atoms with Crippen LogP contribution in [-0.2, 0) is 21.2 Å². The van der Waals surface area contributed by atoms with E-state index in [-0.39, 0.29) is 16.3 Å². The average Bonchev–Trinajstić information content (AvgIpc) is 3.75. The highest BCUT2D eigenvalue weighted by Gasteiger charge is 2.56. The second-order valence-electron chi connectivity index (χ2n) is 10.2. The highest BCUT2D eigenvalue weighted by atomic mass is 35.5. The standard InChI is InChI=1S/C30H24ClN5O8S/c1-19-11-13-24(14-12-19)45(43,44)32-27(15-20-7-3-2-4-8-20)30(38)34-28(25-9-5-6-10-26(25)31)33(34)29(37)21-16-22(35(39)40)18-23(17-21)36(41)42/h2-14,16-18,27-28,32H,15H2,1H3/t27-,28-,33?,34?/m0/s1. The number of hydrogen-bond acceptors (Lipinski definition) is 8. The fourth-order valence-electron chi connectivity index (χ4n) is 4.78. The fraction of sp³-hybridized carbons (Fsp3) is 0.133. The number of nitrogens with zero attached hydrogens (tertiary/aromatic N) is 4. The molecule has 1 heterocycles. The van der Waals surface area contributed by atoms with Gasteiger partial charge < -0.3 is 0 Å². The third-order valence-electron chi connectivity index (χ3n) is 7.04. The lowest BCUT2D eigenvalue weighted by atomic mass is 10.1. The number of hydrazine groups is 1. The van der Waals surface area contributed by atoms with Gasteiger partial charge in [-0.1, -0.05) is 77.8 Å². The SMILES string of the molecule is Cc1ccc(S(=O)(=O)N[C@@H](Cc2ccccc2)C(=O)N2[C@@H](c3ccccc3Cl)N2C(=O)c2cc([N+](=O)[O-])cc([N+](=O)[O-])c2)cc1. The molecule has 0 spiro atoms. The van der Waals surface area contributed by atoms with Crippen molar-refractivity contribution >= 4 is 44.8 Å². The number of benzene rings is 4. The largest absolute Gasteiger partial charge is 0.277 e.